The summed E-state index contributed by atoms with van der Waals surface area (Å²) in [6.45, 7) is 6.19. The predicted molar refractivity (Wildman–Crippen MR) is 108 cm³/mol. The third-order valence-electron chi connectivity index (χ3n) is 5.07. The van der Waals surface area contributed by atoms with Gasteiger partial charge in [0, 0.05) is 19.6 Å². The van der Waals surface area contributed by atoms with Crippen molar-refractivity contribution < 1.29 is 4.79 Å². The van der Waals surface area contributed by atoms with E-state index in [1.807, 2.05) is 11.4 Å². The van der Waals surface area contributed by atoms with Crippen LogP contribution in [-0.4, -0.2) is 44.1 Å². The Morgan fingerprint density at radius 1 is 1.25 bits per heavy atom. The van der Waals surface area contributed by atoms with Crippen molar-refractivity contribution in [3.8, 4) is 5.69 Å². The number of nitrogens with one attached hydrogen (secondary N) is 1. The zero-order valence-corrected chi connectivity index (χ0v) is 16.7. The molecule has 1 atom stereocenters. The summed E-state index contributed by atoms with van der Waals surface area (Å²) in [4.78, 5) is 15.7. The number of amides is 1. The normalized spacial score (nSPS) is 17.5. The number of tetrazole rings is 1. The van der Waals surface area contributed by atoms with Crippen LogP contribution in [0.3, 0.4) is 0 Å². The third-order valence-corrected chi connectivity index (χ3v) is 5.97. The van der Waals surface area contributed by atoms with Gasteiger partial charge in [-0.1, -0.05) is 31.2 Å². The Balaban J connectivity index is 1.33. The molecule has 28 heavy (non-hydrogen) atoms. The monoisotopic (exact) mass is 396 g/mol. The lowest BCUT2D eigenvalue weighted by Gasteiger charge is -2.30. The molecule has 0 saturated carbocycles. The number of carbonyl (C=O) groups excluding carboxylic acids is 1. The van der Waals surface area contributed by atoms with Gasteiger partial charge in [-0.05, 0) is 58.3 Å². The average molecular weight is 397 g/mol. The maximum atomic E-state index is 12.6. The number of thiophene rings is 1. The van der Waals surface area contributed by atoms with Crippen LogP contribution in [0.5, 0.6) is 0 Å². The van der Waals surface area contributed by atoms with E-state index in [0.717, 1.165) is 18.0 Å². The molecule has 0 bridgehead atoms. The molecular weight excluding hydrogens is 372 g/mol. The second-order valence-corrected chi connectivity index (χ2v) is 8.29. The lowest BCUT2D eigenvalue weighted by molar-refractivity contribution is 0.0955. The topological polar surface area (TPSA) is 75.9 Å². The van der Waals surface area contributed by atoms with Gasteiger partial charge in [0.1, 0.15) is 11.2 Å². The first-order chi connectivity index (χ1) is 13.7. The van der Waals surface area contributed by atoms with Crippen molar-refractivity contribution >= 4 is 17.2 Å². The van der Waals surface area contributed by atoms with Gasteiger partial charge in [-0.2, -0.15) is 4.68 Å². The Morgan fingerprint density at radius 3 is 2.82 bits per heavy atom. The van der Waals surface area contributed by atoms with Gasteiger partial charge in [-0.25, -0.2) is 0 Å². The van der Waals surface area contributed by atoms with Crippen LogP contribution in [0.1, 0.15) is 40.6 Å². The molecule has 146 valence electrons. The Bertz CT molecular complexity index is 905. The molecule has 1 aliphatic rings. The highest BCUT2D eigenvalue weighted by atomic mass is 32.1. The van der Waals surface area contributed by atoms with E-state index in [2.05, 4.69) is 56.9 Å². The van der Waals surface area contributed by atoms with E-state index in [4.69, 9.17) is 0 Å². The Morgan fingerprint density at radius 2 is 2.07 bits per heavy atom. The summed E-state index contributed by atoms with van der Waals surface area (Å²) < 4.78 is 1.50. The fourth-order valence-corrected chi connectivity index (χ4v) is 4.43. The number of piperidine rings is 1. The second-order valence-electron chi connectivity index (χ2n) is 7.37. The van der Waals surface area contributed by atoms with Crippen LogP contribution in [0, 0.1) is 5.92 Å². The molecule has 1 N–H and O–H groups in total. The number of carbonyl (C=O) groups is 1. The molecule has 1 unspecified atom stereocenters. The van der Waals surface area contributed by atoms with Gasteiger partial charge in [0.15, 0.2) is 0 Å². The zero-order chi connectivity index (χ0) is 19.3. The minimum atomic E-state index is -0.119. The van der Waals surface area contributed by atoms with Crippen molar-refractivity contribution in [2.45, 2.75) is 32.9 Å². The first-order valence-electron chi connectivity index (χ1n) is 9.58. The first kappa shape index (κ1) is 18.8. The van der Waals surface area contributed by atoms with Crippen LogP contribution in [0.4, 0.5) is 0 Å². The van der Waals surface area contributed by atoms with Crippen LogP contribution in [-0.2, 0) is 13.1 Å². The molecule has 0 radical (unpaired) electrons. The molecule has 1 amide bonds. The fraction of sp³-hybridized carbons (Fsp3) is 0.400. The van der Waals surface area contributed by atoms with Crippen molar-refractivity contribution in [3.05, 3.63) is 58.0 Å². The number of nitrogens with zero attached hydrogens (tertiary/aromatic N) is 5. The smallest absolute Gasteiger partial charge is 0.263 e. The zero-order valence-electron chi connectivity index (χ0n) is 15.9. The summed E-state index contributed by atoms with van der Waals surface area (Å²) in [6, 6.07) is 10.4. The molecule has 3 aromatic rings. The van der Waals surface area contributed by atoms with Crippen molar-refractivity contribution in [1.82, 2.24) is 30.4 Å². The van der Waals surface area contributed by atoms with Crippen LogP contribution in [0.25, 0.3) is 5.69 Å². The van der Waals surface area contributed by atoms with E-state index < -0.39 is 0 Å². The van der Waals surface area contributed by atoms with Crippen molar-refractivity contribution in [2.75, 3.05) is 13.1 Å². The summed E-state index contributed by atoms with van der Waals surface area (Å²) in [5.41, 5.74) is 3.10. The van der Waals surface area contributed by atoms with E-state index in [0.29, 0.717) is 17.1 Å². The molecule has 4 rings (SSSR count). The van der Waals surface area contributed by atoms with E-state index in [1.165, 1.54) is 53.8 Å². The molecule has 3 heterocycles. The summed E-state index contributed by atoms with van der Waals surface area (Å²) in [5, 5.41) is 16.0. The van der Waals surface area contributed by atoms with Gasteiger partial charge in [0.25, 0.3) is 5.91 Å². The Hall–Kier alpha value is -2.58. The SMILES string of the molecule is CC1CCCN(Cc2ccc(CNC(=O)c3sccc3-n3cnnn3)cc2)C1. The maximum Gasteiger partial charge on any atom is 0.263 e. The molecule has 0 spiro atoms. The van der Waals surface area contributed by atoms with Gasteiger partial charge in [0.05, 0.1) is 5.69 Å². The molecule has 1 aliphatic heterocycles. The highest BCUT2D eigenvalue weighted by molar-refractivity contribution is 7.12. The predicted octanol–water partition coefficient (Wildman–Crippen LogP) is 2.89. The highest BCUT2D eigenvalue weighted by Crippen LogP contribution is 2.20. The molecule has 1 saturated heterocycles. The summed E-state index contributed by atoms with van der Waals surface area (Å²) in [5.74, 6) is 0.672. The van der Waals surface area contributed by atoms with Crippen molar-refractivity contribution in [1.29, 1.82) is 0 Å². The lowest BCUT2D eigenvalue weighted by Crippen LogP contribution is -2.33. The van der Waals surface area contributed by atoms with Crippen LogP contribution >= 0.6 is 11.3 Å². The largest absolute Gasteiger partial charge is 0.347 e. The van der Waals surface area contributed by atoms with Crippen LogP contribution in [0.15, 0.2) is 42.0 Å². The van der Waals surface area contributed by atoms with E-state index in [9.17, 15) is 4.79 Å². The van der Waals surface area contributed by atoms with Gasteiger partial charge < -0.3 is 5.32 Å². The van der Waals surface area contributed by atoms with E-state index >= 15 is 0 Å². The van der Waals surface area contributed by atoms with Crippen LogP contribution < -0.4 is 5.32 Å². The lowest BCUT2D eigenvalue weighted by atomic mass is 9.99. The Labute approximate surface area is 168 Å². The number of likely N-dealkylation sites (tertiary alicyclic amines) is 1. The van der Waals surface area contributed by atoms with Gasteiger partial charge in [-0.3, -0.25) is 9.69 Å². The minimum Gasteiger partial charge on any atom is -0.347 e. The first-order valence-corrected chi connectivity index (χ1v) is 10.5. The maximum absolute atomic E-state index is 12.6. The molecule has 8 heteroatoms. The molecule has 1 aromatic carbocycles. The van der Waals surface area contributed by atoms with Crippen molar-refractivity contribution in [3.63, 3.8) is 0 Å². The van der Waals surface area contributed by atoms with E-state index in [1.54, 1.807) is 0 Å². The standard InChI is InChI=1S/C20H24N6OS/c1-15-3-2-9-25(12-15)13-17-6-4-16(5-7-17)11-21-20(27)19-18(8-10-28-19)26-14-22-23-24-26/h4-8,10,14-15H,2-3,9,11-13H2,1H3,(H,21,27). The summed E-state index contributed by atoms with van der Waals surface area (Å²) in [6.07, 6.45) is 4.12. The molecule has 1 fully saturated rings. The number of hydrogen-bond acceptors (Lipinski definition) is 6. The third kappa shape index (κ3) is 4.45. The molecule has 2 aromatic heterocycles. The number of hydrogen-bond donors (Lipinski definition) is 1. The minimum absolute atomic E-state index is 0.119. The number of benzene rings is 1. The molecule has 0 aliphatic carbocycles. The quantitative estimate of drug-likeness (QED) is 0.693. The number of rotatable bonds is 6. The highest BCUT2D eigenvalue weighted by Gasteiger charge is 2.17. The molecule has 7 nitrogen and oxygen atoms in total. The van der Waals surface area contributed by atoms with Crippen molar-refractivity contribution in [2.24, 2.45) is 5.92 Å². The molecular formula is C20H24N6OS. The summed E-state index contributed by atoms with van der Waals surface area (Å²) in [7, 11) is 0. The van der Waals surface area contributed by atoms with Gasteiger partial charge >= 0.3 is 0 Å². The van der Waals surface area contributed by atoms with Gasteiger partial charge in [0.2, 0.25) is 0 Å². The summed E-state index contributed by atoms with van der Waals surface area (Å²) >= 11 is 1.38. The van der Waals surface area contributed by atoms with Gasteiger partial charge in [-0.15, -0.1) is 16.4 Å². The van der Waals surface area contributed by atoms with Crippen LogP contribution in [0.2, 0.25) is 0 Å². The Kier molecular flexibility index (Phi) is 5.78. The second kappa shape index (κ2) is 8.62. The number of aromatic nitrogens is 4. The fourth-order valence-electron chi connectivity index (χ4n) is 3.64. The van der Waals surface area contributed by atoms with E-state index in [-0.39, 0.29) is 5.91 Å². The average Bonchev–Trinajstić information content (AvgIpc) is 3.38.